The number of halogens is 1. The lowest BCUT2D eigenvalue weighted by Crippen LogP contribution is -2.29. The maximum Gasteiger partial charge on any atom is 0.220 e. The van der Waals surface area contributed by atoms with Crippen LogP contribution in [0.1, 0.15) is 48.6 Å². The van der Waals surface area contributed by atoms with Gasteiger partial charge in [0.25, 0.3) is 0 Å². The summed E-state index contributed by atoms with van der Waals surface area (Å²) in [6.07, 6.45) is 7.40. The predicted molar refractivity (Wildman–Crippen MR) is 91.7 cm³/mol. The average molecular weight is 332 g/mol. The lowest BCUT2D eigenvalue weighted by molar-refractivity contribution is -0.121. The molecule has 122 valence electrons. The van der Waals surface area contributed by atoms with Crippen molar-refractivity contribution in [1.82, 2.24) is 15.3 Å². The zero-order valence-corrected chi connectivity index (χ0v) is 13.9. The molecule has 1 aliphatic rings. The van der Waals surface area contributed by atoms with Crippen LogP contribution in [0.2, 0.25) is 5.02 Å². The fraction of sp³-hybridized carbons (Fsp3) is 0.444. The Morgan fingerprint density at radius 2 is 2.17 bits per heavy atom. The Morgan fingerprint density at radius 3 is 3.00 bits per heavy atom. The number of hydrogen-bond acceptors (Lipinski definition) is 2. The van der Waals surface area contributed by atoms with Crippen LogP contribution < -0.4 is 5.32 Å². The molecule has 2 aromatic rings. The molecule has 0 aliphatic heterocycles. The van der Waals surface area contributed by atoms with E-state index in [0.717, 1.165) is 42.8 Å². The number of fused-ring (bicyclic) bond motifs is 1. The van der Waals surface area contributed by atoms with E-state index in [1.807, 2.05) is 24.3 Å². The summed E-state index contributed by atoms with van der Waals surface area (Å²) in [4.78, 5) is 19.6. The molecule has 0 saturated carbocycles. The molecule has 0 spiro atoms. The topological polar surface area (TPSA) is 57.8 Å². The number of benzene rings is 1. The largest absolute Gasteiger partial charge is 0.355 e. The number of imidazole rings is 1. The van der Waals surface area contributed by atoms with Crippen LogP contribution in [0.3, 0.4) is 0 Å². The van der Waals surface area contributed by atoms with E-state index in [4.69, 9.17) is 11.6 Å². The van der Waals surface area contributed by atoms with E-state index in [1.54, 1.807) is 6.33 Å². The van der Waals surface area contributed by atoms with Crippen LogP contribution >= 0.6 is 11.6 Å². The Bertz CT molecular complexity index is 651. The molecule has 4 nitrogen and oxygen atoms in total. The van der Waals surface area contributed by atoms with Crippen LogP contribution in [-0.2, 0) is 17.6 Å². The molecule has 0 bridgehead atoms. The molecule has 1 aromatic heterocycles. The van der Waals surface area contributed by atoms with Crippen LogP contribution in [-0.4, -0.2) is 22.4 Å². The van der Waals surface area contributed by atoms with E-state index in [0.29, 0.717) is 18.9 Å². The normalized spacial score (nSPS) is 16.8. The van der Waals surface area contributed by atoms with Crippen molar-refractivity contribution in [2.75, 3.05) is 6.54 Å². The predicted octanol–water partition coefficient (Wildman–Crippen LogP) is 3.62. The van der Waals surface area contributed by atoms with Crippen molar-refractivity contribution in [3.8, 4) is 0 Å². The van der Waals surface area contributed by atoms with Gasteiger partial charge in [-0.1, -0.05) is 23.7 Å². The minimum absolute atomic E-state index is 0.127. The van der Waals surface area contributed by atoms with E-state index < -0.39 is 0 Å². The molecule has 0 fully saturated rings. The standard InChI is InChI=1S/C18H22ClN3O/c19-15-9-7-13(8-10-15)3-1-6-17(23)20-11-14-4-2-5-16-18(14)22-12-21-16/h7-10,12,14H,1-6,11H2,(H,20,23)(H,21,22). The van der Waals surface area contributed by atoms with Gasteiger partial charge in [-0.05, 0) is 49.8 Å². The van der Waals surface area contributed by atoms with Crippen molar-refractivity contribution in [2.24, 2.45) is 0 Å². The SMILES string of the molecule is O=C(CCCc1ccc(Cl)cc1)NCC1CCCc2[nH]cnc21. The van der Waals surface area contributed by atoms with Gasteiger partial charge < -0.3 is 10.3 Å². The first-order valence-corrected chi connectivity index (χ1v) is 8.63. The van der Waals surface area contributed by atoms with Gasteiger partial charge in [0.2, 0.25) is 5.91 Å². The molecule has 5 heteroatoms. The van der Waals surface area contributed by atoms with Crippen molar-refractivity contribution in [1.29, 1.82) is 0 Å². The van der Waals surface area contributed by atoms with E-state index in [1.165, 1.54) is 11.3 Å². The van der Waals surface area contributed by atoms with E-state index in [2.05, 4.69) is 15.3 Å². The third kappa shape index (κ3) is 4.35. The van der Waals surface area contributed by atoms with E-state index >= 15 is 0 Å². The highest BCUT2D eigenvalue weighted by Gasteiger charge is 2.22. The number of aryl methyl sites for hydroxylation is 2. The third-order valence-electron chi connectivity index (χ3n) is 4.45. The van der Waals surface area contributed by atoms with Gasteiger partial charge in [0, 0.05) is 29.6 Å². The number of nitrogens with zero attached hydrogens (tertiary/aromatic N) is 1. The second-order valence-electron chi connectivity index (χ2n) is 6.14. The summed E-state index contributed by atoms with van der Waals surface area (Å²) >= 11 is 5.87. The van der Waals surface area contributed by atoms with Crippen LogP contribution in [0.25, 0.3) is 0 Å². The number of amides is 1. The second kappa shape index (κ2) is 7.64. The number of H-pyrrole nitrogens is 1. The molecule has 1 aromatic carbocycles. The molecule has 23 heavy (non-hydrogen) atoms. The first kappa shape index (κ1) is 16.1. The third-order valence-corrected chi connectivity index (χ3v) is 4.70. The number of hydrogen-bond donors (Lipinski definition) is 2. The van der Waals surface area contributed by atoms with Crippen molar-refractivity contribution in [3.05, 3.63) is 52.6 Å². The monoisotopic (exact) mass is 331 g/mol. The maximum atomic E-state index is 12.0. The molecular formula is C18H22ClN3O. The summed E-state index contributed by atoms with van der Waals surface area (Å²) < 4.78 is 0. The van der Waals surface area contributed by atoms with Crippen LogP contribution in [0.5, 0.6) is 0 Å². The maximum absolute atomic E-state index is 12.0. The van der Waals surface area contributed by atoms with Crippen molar-refractivity contribution in [3.63, 3.8) is 0 Å². The smallest absolute Gasteiger partial charge is 0.220 e. The van der Waals surface area contributed by atoms with Crippen LogP contribution in [0.4, 0.5) is 0 Å². The van der Waals surface area contributed by atoms with Gasteiger partial charge >= 0.3 is 0 Å². The minimum Gasteiger partial charge on any atom is -0.355 e. The quantitative estimate of drug-likeness (QED) is 0.849. The Balaban J connectivity index is 1.40. The zero-order valence-electron chi connectivity index (χ0n) is 13.1. The lowest BCUT2D eigenvalue weighted by Gasteiger charge is -2.21. The fourth-order valence-electron chi connectivity index (χ4n) is 3.17. The van der Waals surface area contributed by atoms with Gasteiger partial charge in [0.15, 0.2) is 0 Å². The molecule has 1 atom stereocenters. The molecule has 2 N–H and O–H groups in total. The minimum atomic E-state index is 0.127. The summed E-state index contributed by atoms with van der Waals surface area (Å²) in [7, 11) is 0. The van der Waals surface area contributed by atoms with Crippen molar-refractivity contribution >= 4 is 17.5 Å². The van der Waals surface area contributed by atoms with Crippen molar-refractivity contribution in [2.45, 2.75) is 44.4 Å². The van der Waals surface area contributed by atoms with E-state index in [-0.39, 0.29) is 5.91 Å². The highest BCUT2D eigenvalue weighted by atomic mass is 35.5. The number of rotatable bonds is 6. The highest BCUT2D eigenvalue weighted by molar-refractivity contribution is 6.30. The molecule has 1 aliphatic carbocycles. The summed E-state index contributed by atoms with van der Waals surface area (Å²) in [5, 5.41) is 3.81. The van der Waals surface area contributed by atoms with Gasteiger partial charge in [-0.25, -0.2) is 4.98 Å². The summed E-state index contributed by atoms with van der Waals surface area (Å²) in [6.45, 7) is 0.692. The fourth-order valence-corrected chi connectivity index (χ4v) is 3.30. The Kier molecular flexibility index (Phi) is 5.34. The summed E-state index contributed by atoms with van der Waals surface area (Å²) in [5.74, 6) is 0.479. The highest BCUT2D eigenvalue weighted by Crippen LogP contribution is 2.28. The molecule has 0 radical (unpaired) electrons. The zero-order chi connectivity index (χ0) is 16.1. The van der Waals surface area contributed by atoms with Gasteiger partial charge in [0.1, 0.15) is 0 Å². The summed E-state index contributed by atoms with van der Waals surface area (Å²) in [5.41, 5.74) is 3.59. The Morgan fingerprint density at radius 1 is 1.35 bits per heavy atom. The number of nitrogens with one attached hydrogen (secondary N) is 2. The van der Waals surface area contributed by atoms with Crippen molar-refractivity contribution < 1.29 is 4.79 Å². The number of aromatic amines is 1. The van der Waals surface area contributed by atoms with Crippen LogP contribution in [0.15, 0.2) is 30.6 Å². The van der Waals surface area contributed by atoms with Crippen LogP contribution in [0, 0.1) is 0 Å². The lowest BCUT2D eigenvalue weighted by atomic mass is 9.90. The molecule has 3 rings (SSSR count). The average Bonchev–Trinajstić information content (AvgIpc) is 3.04. The number of carbonyl (C=O) groups excluding carboxylic acids is 1. The number of aromatic nitrogens is 2. The Labute approximate surface area is 141 Å². The molecular weight excluding hydrogens is 310 g/mol. The first-order chi connectivity index (χ1) is 11.2. The number of carbonyl (C=O) groups is 1. The van der Waals surface area contributed by atoms with Gasteiger partial charge in [-0.15, -0.1) is 0 Å². The molecule has 1 heterocycles. The molecule has 1 unspecified atom stereocenters. The Hall–Kier alpha value is -1.81. The van der Waals surface area contributed by atoms with E-state index in [9.17, 15) is 4.79 Å². The molecule has 1 amide bonds. The van der Waals surface area contributed by atoms with Gasteiger partial charge in [-0.2, -0.15) is 0 Å². The van der Waals surface area contributed by atoms with Gasteiger partial charge in [0.05, 0.1) is 12.0 Å². The first-order valence-electron chi connectivity index (χ1n) is 8.25. The second-order valence-corrected chi connectivity index (χ2v) is 6.58. The molecule has 0 saturated heterocycles. The summed E-state index contributed by atoms with van der Waals surface area (Å²) in [6, 6.07) is 7.81. The van der Waals surface area contributed by atoms with Gasteiger partial charge in [-0.3, -0.25) is 4.79 Å².